The van der Waals surface area contributed by atoms with Crippen molar-refractivity contribution in [2.45, 2.75) is 114 Å². The number of hydrogen-bond acceptors (Lipinski definition) is 4. The van der Waals surface area contributed by atoms with Crippen molar-refractivity contribution in [1.82, 2.24) is 4.90 Å². The highest BCUT2D eigenvalue weighted by atomic mass is 19.4. The van der Waals surface area contributed by atoms with Crippen LogP contribution in [0.25, 0.3) is 0 Å². The predicted molar refractivity (Wildman–Crippen MR) is 210 cm³/mol. The Morgan fingerprint density at radius 1 is 0.391 bits per heavy atom. The van der Waals surface area contributed by atoms with Crippen LogP contribution in [0.2, 0.25) is 0 Å². The molecule has 0 aliphatic carbocycles. The van der Waals surface area contributed by atoms with Crippen LogP contribution in [-0.2, 0) is 16.2 Å². The number of carbonyl (C=O) groups is 4. The summed E-state index contributed by atoms with van der Waals surface area (Å²) in [5, 5.41) is 0. The van der Waals surface area contributed by atoms with Gasteiger partial charge < -0.3 is 0 Å². The number of fused-ring (bicyclic) bond motifs is 2. The summed E-state index contributed by atoms with van der Waals surface area (Å²) in [5.74, 6) is -4.96. The van der Waals surface area contributed by atoms with Gasteiger partial charge in [-0.25, -0.2) is 4.90 Å². The molecule has 64 heavy (non-hydrogen) atoms. The van der Waals surface area contributed by atoms with Gasteiger partial charge in [0.1, 0.15) is 0 Å². The van der Waals surface area contributed by atoms with Gasteiger partial charge in [0.15, 0.2) is 0 Å². The lowest BCUT2D eigenvalue weighted by Crippen LogP contribution is -2.55. The SMILES string of the molecule is CCC(C)(CC)c1ccc(C(c2ccc(N3C(=O)c4ccc(C(c5ccc6c(c5)C(=O)N(C(C)(CC)CC)C6=O)(C(F)(F)F)C(F)(F)F)cc4C3=O)cc2)(C(F)(F)F)C(F)(F)F)cc1. The highest BCUT2D eigenvalue weighted by Crippen LogP contribution is 2.59. The number of amides is 4. The van der Waals surface area contributed by atoms with Gasteiger partial charge in [-0.05, 0) is 102 Å². The second-order valence-electron chi connectivity index (χ2n) is 16.5. The maximum absolute atomic E-state index is 15.3. The number of hydrogen-bond donors (Lipinski definition) is 0. The van der Waals surface area contributed by atoms with Crippen molar-refractivity contribution in [2.75, 3.05) is 4.90 Å². The number of carbonyl (C=O) groups excluding carboxylic acids is 4. The number of nitrogens with zero attached hydrogens (tertiary/aromatic N) is 2. The van der Waals surface area contributed by atoms with Crippen LogP contribution in [0.15, 0.2) is 84.9 Å². The van der Waals surface area contributed by atoms with E-state index in [2.05, 4.69) is 0 Å². The molecule has 2 aliphatic heterocycles. The van der Waals surface area contributed by atoms with Gasteiger partial charge in [-0.2, -0.15) is 52.7 Å². The van der Waals surface area contributed by atoms with Crippen LogP contribution in [-0.4, -0.2) is 58.8 Å². The fourth-order valence-electron chi connectivity index (χ4n) is 8.84. The maximum Gasteiger partial charge on any atom is 0.411 e. The van der Waals surface area contributed by atoms with Gasteiger partial charge in [-0.15, -0.1) is 0 Å². The van der Waals surface area contributed by atoms with Crippen molar-refractivity contribution in [3.63, 3.8) is 0 Å². The van der Waals surface area contributed by atoms with Gasteiger partial charge >= 0.3 is 24.7 Å². The molecule has 0 saturated heterocycles. The summed E-state index contributed by atoms with van der Waals surface area (Å²) >= 11 is 0. The van der Waals surface area contributed by atoms with E-state index in [9.17, 15) is 19.2 Å². The molecule has 4 aromatic rings. The molecule has 0 atom stereocenters. The maximum atomic E-state index is 15.3. The lowest BCUT2D eigenvalue weighted by molar-refractivity contribution is -0.290. The topological polar surface area (TPSA) is 74.8 Å². The van der Waals surface area contributed by atoms with Crippen LogP contribution in [0.4, 0.5) is 58.4 Å². The standard InChI is InChI=1S/C46H40F12N2O4/c1-7-39(5,8-2)25-11-13-26(14-12-25)41(43(47,48)49,44(50,51)52)27-15-19-30(20-16-27)59-35(61)31-21-17-28(23-33(31)36(59)62)42(45(53,54)55,46(56,57)58)29-18-22-32-34(24-29)38(64)60(37(32)63)40(6,9-3)10-4/h11-24H,7-10H2,1-6H3. The Kier molecular flexibility index (Phi) is 11.6. The number of rotatable bonds is 11. The third-order valence-electron chi connectivity index (χ3n) is 13.5. The molecule has 18 heteroatoms. The molecule has 0 N–H and O–H groups in total. The molecule has 0 fully saturated rings. The molecule has 0 spiro atoms. The molecule has 0 aromatic heterocycles. The van der Waals surface area contributed by atoms with Crippen molar-refractivity contribution >= 4 is 29.3 Å². The molecule has 2 heterocycles. The second-order valence-corrected chi connectivity index (χ2v) is 16.5. The van der Waals surface area contributed by atoms with Gasteiger partial charge in [-0.3, -0.25) is 24.1 Å². The summed E-state index contributed by atoms with van der Waals surface area (Å²) in [6.07, 6.45) is -23.1. The second kappa shape index (κ2) is 15.5. The number of alkyl halides is 12. The molecule has 6 nitrogen and oxygen atoms in total. The van der Waals surface area contributed by atoms with Gasteiger partial charge in [0, 0.05) is 5.54 Å². The fourth-order valence-corrected chi connectivity index (χ4v) is 8.84. The van der Waals surface area contributed by atoms with E-state index in [0.29, 0.717) is 73.0 Å². The van der Waals surface area contributed by atoms with Crippen molar-refractivity contribution in [2.24, 2.45) is 0 Å². The lowest BCUT2D eigenvalue weighted by atomic mass is 9.71. The number of anilines is 1. The molecule has 0 radical (unpaired) electrons. The van der Waals surface area contributed by atoms with E-state index in [1.165, 1.54) is 19.1 Å². The summed E-state index contributed by atoms with van der Waals surface area (Å²) in [6.45, 7) is 10.2. The molecule has 6 rings (SSSR count). The van der Waals surface area contributed by atoms with E-state index < -0.39 is 120 Å². The van der Waals surface area contributed by atoms with E-state index in [-0.39, 0.29) is 23.8 Å². The first kappa shape index (κ1) is 47.8. The minimum absolute atomic E-state index is 0.173. The van der Waals surface area contributed by atoms with Crippen LogP contribution in [0.3, 0.4) is 0 Å². The lowest BCUT2D eigenvalue weighted by Gasteiger charge is -2.39. The summed E-state index contributed by atoms with van der Waals surface area (Å²) < 4.78 is 182. The summed E-state index contributed by atoms with van der Waals surface area (Å²) in [4.78, 5) is 55.2. The first-order valence-electron chi connectivity index (χ1n) is 20.0. The Hall–Kier alpha value is -5.68. The largest absolute Gasteiger partial charge is 0.411 e. The van der Waals surface area contributed by atoms with Crippen molar-refractivity contribution in [3.8, 4) is 0 Å². The zero-order chi connectivity index (χ0) is 48.0. The number of imide groups is 2. The van der Waals surface area contributed by atoms with E-state index >= 15 is 52.7 Å². The molecule has 4 aromatic carbocycles. The number of halogens is 12. The average Bonchev–Trinajstić information content (AvgIpc) is 3.62. The first-order chi connectivity index (χ1) is 29.5. The van der Waals surface area contributed by atoms with Gasteiger partial charge in [0.05, 0.1) is 27.9 Å². The van der Waals surface area contributed by atoms with Crippen LogP contribution in [0, 0.1) is 0 Å². The van der Waals surface area contributed by atoms with E-state index in [4.69, 9.17) is 0 Å². The molecule has 2 aliphatic rings. The van der Waals surface area contributed by atoms with Crippen LogP contribution >= 0.6 is 0 Å². The van der Waals surface area contributed by atoms with E-state index in [1.807, 2.05) is 13.8 Å². The summed E-state index contributed by atoms with van der Waals surface area (Å²) in [6, 6.07) is 8.07. The Balaban J connectivity index is 1.45. The van der Waals surface area contributed by atoms with Gasteiger partial charge in [-0.1, -0.05) is 83.1 Å². The monoisotopic (exact) mass is 912 g/mol. The third kappa shape index (κ3) is 6.71. The molecule has 4 amide bonds. The first-order valence-corrected chi connectivity index (χ1v) is 20.0. The molecule has 342 valence electrons. The zero-order valence-corrected chi connectivity index (χ0v) is 35.0. The summed E-state index contributed by atoms with van der Waals surface area (Å²) in [7, 11) is 0. The fraction of sp³-hybridized carbons (Fsp3) is 0.391. The zero-order valence-electron chi connectivity index (χ0n) is 35.0. The highest BCUT2D eigenvalue weighted by Gasteiger charge is 2.74. The normalized spacial score (nSPS) is 15.7. The average molecular weight is 913 g/mol. The quantitative estimate of drug-likeness (QED) is 0.111. The predicted octanol–water partition coefficient (Wildman–Crippen LogP) is 12.6. The van der Waals surface area contributed by atoms with Crippen molar-refractivity contribution in [3.05, 3.63) is 135 Å². The van der Waals surface area contributed by atoms with Crippen LogP contribution in [0.1, 0.15) is 136 Å². The van der Waals surface area contributed by atoms with Crippen molar-refractivity contribution < 1.29 is 71.9 Å². The summed E-state index contributed by atoms with van der Waals surface area (Å²) in [5.41, 5.74) is -20.1. The minimum Gasteiger partial charge on any atom is -0.269 e. The smallest absolute Gasteiger partial charge is 0.269 e. The van der Waals surface area contributed by atoms with Gasteiger partial charge in [0.2, 0.25) is 10.8 Å². The van der Waals surface area contributed by atoms with Gasteiger partial charge in [0.25, 0.3) is 23.6 Å². The minimum atomic E-state index is -6.27. The van der Waals surface area contributed by atoms with Crippen LogP contribution in [0.5, 0.6) is 0 Å². The van der Waals surface area contributed by atoms with Crippen molar-refractivity contribution in [1.29, 1.82) is 0 Å². The van der Waals surface area contributed by atoms with Crippen LogP contribution < -0.4 is 4.90 Å². The van der Waals surface area contributed by atoms with E-state index in [1.54, 1.807) is 20.8 Å². The Morgan fingerprint density at radius 2 is 0.703 bits per heavy atom. The van der Waals surface area contributed by atoms with E-state index in [0.717, 1.165) is 17.0 Å². The third-order valence-corrected chi connectivity index (χ3v) is 13.5. The molecular weight excluding hydrogens is 872 g/mol. The highest BCUT2D eigenvalue weighted by molar-refractivity contribution is 6.34. The Labute approximate surface area is 359 Å². The molecule has 0 saturated carbocycles. The molecule has 0 bridgehead atoms. The molecule has 0 unspecified atom stereocenters. The molecular formula is C46H40F12N2O4. The Bertz CT molecular complexity index is 2480. The number of benzene rings is 4. The Morgan fingerprint density at radius 3 is 1.09 bits per heavy atom.